The Kier molecular flexibility index (Phi) is 5.98. The maximum Gasteiger partial charge on any atom is 0.285 e. The summed E-state index contributed by atoms with van der Waals surface area (Å²) < 4.78 is 0. The Morgan fingerprint density at radius 1 is 1.47 bits per heavy atom. The van der Waals surface area contributed by atoms with Gasteiger partial charge in [-0.1, -0.05) is 31.4 Å². The van der Waals surface area contributed by atoms with Gasteiger partial charge in [-0.2, -0.15) is 0 Å². The van der Waals surface area contributed by atoms with Crippen molar-refractivity contribution in [2.24, 2.45) is 0 Å². The summed E-state index contributed by atoms with van der Waals surface area (Å²) in [5.74, 6) is 2.55. The SMILES string of the molecule is C#CC(C)(C)NC(=O)Sc1cccc(CCCC)c1. The fourth-order valence-corrected chi connectivity index (χ4v) is 2.45. The Hall–Kier alpha value is -1.40. The van der Waals surface area contributed by atoms with Crippen molar-refractivity contribution in [2.45, 2.75) is 50.5 Å². The van der Waals surface area contributed by atoms with E-state index in [2.05, 4.69) is 30.3 Å². The van der Waals surface area contributed by atoms with Crippen LogP contribution >= 0.6 is 11.8 Å². The highest BCUT2D eigenvalue weighted by atomic mass is 32.2. The number of aryl methyl sites for hydroxylation is 1. The molecule has 1 amide bonds. The molecule has 0 atom stereocenters. The molecule has 0 fully saturated rings. The van der Waals surface area contributed by atoms with E-state index in [-0.39, 0.29) is 5.24 Å². The molecule has 0 spiro atoms. The molecule has 0 aliphatic rings. The van der Waals surface area contributed by atoms with Gasteiger partial charge in [-0.15, -0.1) is 6.42 Å². The van der Waals surface area contributed by atoms with Crippen molar-refractivity contribution in [3.63, 3.8) is 0 Å². The van der Waals surface area contributed by atoms with Gasteiger partial charge < -0.3 is 5.32 Å². The average molecular weight is 275 g/mol. The van der Waals surface area contributed by atoms with Crippen molar-refractivity contribution in [3.8, 4) is 12.3 Å². The Balaban J connectivity index is 2.62. The number of terminal acetylenes is 1. The van der Waals surface area contributed by atoms with Crippen molar-refractivity contribution in [3.05, 3.63) is 29.8 Å². The second-order valence-electron chi connectivity index (χ2n) is 5.03. The number of hydrogen-bond acceptors (Lipinski definition) is 2. The smallest absolute Gasteiger partial charge is 0.285 e. The first-order valence-electron chi connectivity index (χ1n) is 6.53. The van der Waals surface area contributed by atoms with Crippen molar-refractivity contribution in [2.75, 3.05) is 0 Å². The molecule has 0 bridgehead atoms. The van der Waals surface area contributed by atoms with E-state index in [4.69, 9.17) is 6.42 Å². The molecule has 1 aromatic carbocycles. The van der Waals surface area contributed by atoms with Gasteiger partial charge in [0.15, 0.2) is 0 Å². The van der Waals surface area contributed by atoms with E-state index in [1.54, 1.807) is 0 Å². The van der Waals surface area contributed by atoms with E-state index >= 15 is 0 Å². The molecular weight excluding hydrogens is 254 g/mol. The number of carbonyl (C=O) groups excluding carboxylic acids is 1. The minimum atomic E-state index is -0.607. The number of amides is 1. The minimum absolute atomic E-state index is 0.115. The molecule has 0 aromatic heterocycles. The molecular formula is C16H21NOS. The molecule has 1 aromatic rings. The van der Waals surface area contributed by atoms with Gasteiger partial charge in [0, 0.05) is 4.90 Å². The molecule has 0 aliphatic heterocycles. The molecule has 1 rings (SSSR count). The van der Waals surface area contributed by atoms with E-state index in [0.29, 0.717) is 0 Å². The highest BCUT2D eigenvalue weighted by Crippen LogP contribution is 2.21. The van der Waals surface area contributed by atoms with E-state index in [9.17, 15) is 4.79 Å². The van der Waals surface area contributed by atoms with Gasteiger partial charge in [0.1, 0.15) is 0 Å². The van der Waals surface area contributed by atoms with Gasteiger partial charge in [-0.3, -0.25) is 4.79 Å². The second kappa shape index (κ2) is 7.25. The quantitative estimate of drug-likeness (QED) is 0.643. The molecule has 0 radical (unpaired) electrons. The number of rotatable bonds is 5. The maximum atomic E-state index is 11.9. The summed E-state index contributed by atoms with van der Waals surface area (Å²) in [6, 6.07) is 8.11. The Labute approximate surface area is 120 Å². The molecule has 3 heteroatoms. The van der Waals surface area contributed by atoms with Gasteiger partial charge >= 0.3 is 0 Å². The lowest BCUT2D eigenvalue weighted by Gasteiger charge is -2.18. The highest BCUT2D eigenvalue weighted by molar-refractivity contribution is 8.13. The van der Waals surface area contributed by atoms with Crippen LogP contribution in [0.2, 0.25) is 0 Å². The van der Waals surface area contributed by atoms with Crippen LogP contribution in [0.3, 0.4) is 0 Å². The number of carbonyl (C=O) groups is 1. The third kappa shape index (κ3) is 5.85. The molecule has 2 nitrogen and oxygen atoms in total. The predicted octanol–water partition coefficient (Wildman–Crippen LogP) is 4.24. The predicted molar refractivity (Wildman–Crippen MR) is 82.4 cm³/mol. The summed E-state index contributed by atoms with van der Waals surface area (Å²) in [6.45, 7) is 5.79. The lowest BCUT2D eigenvalue weighted by atomic mass is 10.1. The van der Waals surface area contributed by atoms with Gasteiger partial charge in [0.25, 0.3) is 5.24 Å². The summed E-state index contributed by atoms with van der Waals surface area (Å²) in [4.78, 5) is 12.8. The number of nitrogens with one attached hydrogen (secondary N) is 1. The molecule has 0 heterocycles. The lowest BCUT2D eigenvalue weighted by molar-refractivity contribution is 0.256. The van der Waals surface area contributed by atoms with Gasteiger partial charge in [0.2, 0.25) is 0 Å². The van der Waals surface area contributed by atoms with Crippen LogP contribution in [0.1, 0.15) is 39.2 Å². The van der Waals surface area contributed by atoms with Crippen LogP contribution in [-0.2, 0) is 6.42 Å². The first-order valence-corrected chi connectivity index (χ1v) is 7.35. The van der Waals surface area contributed by atoms with Crippen LogP contribution in [0.15, 0.2) is 29.2 Å². The Morgan fingerprint density at radius 3 is 2.84 bits per heavy atom. The Morgan fingerprint density at radius 2 is 2.21 bits per heavy atom. The van der Waals surface area contributed by atoms with Crippen LogP contribution in [-0.4, -0.2) is 10.8 Å². The zero-order valence-corrected chi connectivity index (χ0v) is 12.6. The summed E-state index contributed by atoms with van der Waals surface area (Å²) in [6.07, 6.45) is 8.76. The lowest BCUT2D eigenvalue weighted by Crippen LogP contribution is -2.39. The van der Waals surface area contributed by atoms with Crippen molar-refractivity contribution >= 4 is 17.0 Å². The molecule has 0 aliphatic carbocycles. The number of hydrogen-bond donors (Lipinski definition) is 1. The normalized spacial score (nSPS) is 10.8. The summed E-state index contributed by atoms with van der Waals surface area (Å²) >= 11 is 1.19. The van der Waals surface area contributed by atoms with Crippen LogP contribution in [0.5, 0.6) is 0 Å². The third-order valence-corrected chi connectivity index (χ3v) is 3.48. The monoisotopic (exact) mass is 275 g/mol. The van der Waals surface area contributed by atoms with E-state index in [1.165, 1.54) is 30.2 Å². The molecule has 0 unspecified atom stereocenters. The van der Waals surface area contributed by atoms with Gasteiger partial charge in [-0.25, -0.2) is 0 Å². The second-order valence-corrected chi connectivity index (χ2v) is 6.08. The van der Waals surface area contributed by atoms with Gasteiger partial charge in [0.05, 0.1) is 5.54 Å². The fraction of sp³-hybridized carbons (Fsp3) is 0.438. The summed E-state index contributed by atoms with van der Waals surface area (Å²) in [5.41, 5.74) is 0.667. The van der Waals surface area contributed by atoms with Crippen LogP contribution in [0.25, 0.3) is 0 Å². The van der Waals surface area contributed by atoms with Crippen molar-refractivity contribution in [1.29, 1.82) is 0 Å². The van der Waals surface area contributed by atoms with Crippen molar-refractivity contribution < 1.29 is 4.79 Å². The zero-order chi connectivity index (χ0) is 14.3. The number of unbranched alkanes of at least 4 members (excludes halogenated alkanes) is 1. The first-order chi connectivity index (χ1) is 8.96. The summed E-state index contributed by atoms with van der Waals surface area (Å²) in [7, 11) is 0. The van der Waals surface area contributed by atoms with E-state index < -0.39 is 5.54 Å². The van der Waals surface area contributed by atoms with Crippen LogP contribution in [0.4, 0.5) is 4.79 Å². The highest BCUT2D eigenvalue weighted by Gasteiger charge is 2.17. The fourth-order valence-electron chi connectivity index (χ4n) is 1.57. The molecule has 0 saturated carbocycles. The van der Waals surface area contributed by atoms with E-state index in [1.807, 2.05) is 26.0 Å². The van der Waals surface area contributed by atoms with Crippen LogP contribution < -0.4 is 5.32 Å². The van der Waals surface area contributed by atoms with Crippen LogP contribution in [0, 0.1) is 12.3 Å². The molecule has 0 saturated heterocycles. The topological polar surface area (TPSA) is 29.1 Å². The van der Waals surface area contributed by atoms with Crippen molar-refractivity contribution in [1.82, 2.24) is 5.32 Å². The third-order valence-electron chi connectivity index (χ3n) is 2.70. The maximum absolute atomic E-state index is 11.9. The Bertz CT molecular complexity index is 474. The number of benzene rings is 1. The minimum Gasteiger partial charge on any atom is -0.331 e. The summed E-state index contributed by atoms with van der Waals surface area (Å²) in [5, 5.41) is 2.69. The molecule has 102 valence electrons. The van der Waals surface area contributed by atoms with E-state index in [0.717, 1.165) is 11.3 Å². The first kappa shape index (κ1) is 15.7. The molecule has 19 heavy (non-hydrogen) atoms. The van der Waals surface area contributed by atoms with Gasteiger partial charge in [-0.05, 0) is 56.1 Å². The largest absolute Gasteiger partial charge is 0.331 e. The number of thioether (sulfide) groups is 1. The molecule has 1 N–H and O–H groups in total. The standard InChI is InChI=1S/C16H21NOS/c1-5-7-9-13-10-8-11-14(12-13)19-15(18)17-16(3,4)6-2/h2,8,10-12H,5,7,9H2,1,3-4H3,(H,17,18). The zero-order valence-electron chi connectivity index (χ0n) is 11.8. The average Bonchev–Trinajstić information content (AvgIpc) is 2.36.